The molecular formula is C21H17ClFN5O2. The molecule has 1 amide bonds. The number of nitrogens with zero attached hydrogens (tertiary/aromatic N) is 4. The fourth-order valence-electron chi connectivity index (χ4n) is 2.84. The zero-order valence-electron chi connectivity index (χ0n) is 15.7. The molecule has 1 N–H and O–H groups in total. The minimum Gasteiger partial charge on any atom is -0.470 e. The molecule has 152 valence electrons. The molecule has 0 fully saturated rings. The molecule has 9 heteroatoms. The summed E-state index contributed by atoms with van der Waals surface area (Å²) < 4.78 is 22.0. The lowest BCUT2D eigenvalue weighted by molar-refractivity contribution is 0.100. The van der Waals surface area contributed by atoms with E-state index in [1.54, 1.807) is 59.4 Å². The Bertz CT molecular complexity index is 1170. The van der Waals surface area contributed by atoms with Crippen molar-refractivity contribution in [2.24, 2.45) is 0 Å². The molecule has 4 rings (SSSR count). The summed E-state index contributed by atoms with van der Waals surface area (Å²) >= 11 is 6.08. The molecule has 0 aliphatic rings. The summed E-state index contributed by atoms with van der Waals surface area (Å²) in [6.45, 7) is 0.407. The Hall–Kier alpha value is -3.65. The number of hydrogen-bond donors (Lipinski definition) is 1. The van der Waals surface area contributed by atoms with E-state index in [2.05, 4.69) is 15.5 Å². The molecule has 0 unspecified atom stereocenters. The zero-order chi connectivity index (χ0) is 20.9. The summed E-state index contributed by atoms with van der Waals surface area (Å²) in [7, 11) is 0. The average Bonchev–Trinajstić information content (AvgIpc) is 3.37. The fraction of sp³-hybridized carbons (Fsp3) is 0.0952. The highest BCUT2D eigenvalue weighted by Gasteiger charge is 2.14. The molecule has 4 aromatic rings. The zero-order valence-corrected chi connectivity index (χ0v) is 16.5. The van der Waals surface area contributed by atoms with Gasteiger partial charge in [-0.05, 0) is 35.9 Å². The van der Waals surface area contributed by atoms with E-state index in [1.165, 1.54) is 23.0 Å². The van der Waals surface area contributed by atoms with Gasteiger partial charge in [0.25, 0.3) is 5.91 Å². The third-order valence-electron chi connectivity index (χ3n) is 4.24. The van der Waals surface area contributed by atoms with Gasteiger partial charge in [0.15, 0.2) is 12.5 Å². The number of ether oxygens (including phenoxy) is 1. The molecule has 0 spiro atoms. The van der Waals surface area contributed by atoms with Gasteiger partial charge in [0, 0.05) is 18.5 Å². The number of benzene rings is 2. The minimum absolute atomic E-state index is 0.0213. The van der Waals surface area contributed by atoms with E-state index >= 15 is 0 Å². The molecular weight excluding hydrogens is 409 g/mol. The van der Waals surface area contributed by atoms with Gasteiger partial charge in [-0.1, -0.05) is 35.9 Å². The van der Waals surface area contributed by atoms with Crippen LogP contribution in [0.5, 0.6) is 5.75 Å². The number of amides is 1. The van der Waals surface area contributed by atoms with Gasteiger partial charge in [0.1, 0.15) is 17.3 Å². The van der Waals surface area contributed by atoms with Crippen molar-refractivity contribution in [1.82, 2.24) is 19.6 Å². The molecule has 0 radical (unpaired) electrons. The highest BCUT2D eigenvalue weighted by Crippen LogP contribution is 2.23. The number of para-hydroxylation sites is 1. The van der Waals surface area contributed by atoms with Crippen LogP contribution in [0.25, 0.3) is 0 Å². The van der Waals surface area contributed by atoms with Gasteiger partial charge in [-0.3, -0.25) is 9.48 Å². The lowest BCUT2D eigenvalue weighted by Gasteiger charge is -2.10. The number of halogens is 2. The van der Waals surface area contributed by atoms with Crippen molar-refractivity contribution >= 4 is 23.3 Å². The van der Waals surface area contributed by atoms with Gasteiger partial charge in [-0.25, -0.2) is 9.07 Å². The van der Waals surface area contributed by atoms with Crippen molar-refractivity contribution < 1.29 is 13.9 Å². The van der Waals surface area contributed by atoms with Crippen LogP contribution in [0.3, 0.4) is 0 Å². The number of aromatic nitrogens is 4. The number of rotatable bonds is 7. The first-order valence-electron chi connectivity index (χ1n) is 9.07. The van der Waals surface area contributed by atoms with Crippen LogP contribution >= 0.6 is 11.6 Å². The molecule has 7 nitrogen and oxygen atoms in total. The van der Waals surface area contributed by atoms with Crippen LogP contribution in [-0.4, -0.2) is 25.5 Å². The lowest BCUT2D eigenvalue weighted by Crippen LogP contribution is -2.20. The molecule has 0 aliphatic heterocycles. The summed E-state index contributed by atoms with van der Waals surface area (Å²) in [5, 5.41) is 11.6. The third kappa shape index (κ3) is 4.66. The molecule has 0 atom stereocenters. The lowest BCUT2D eigenvalue weighted by atomic mass is 10.2. The topological polar surface area (TPSA) is 74.0 Å². The van der Waals surface area contributed by atoms with Crippen molar-refractivity contribution in [2.45, 2.75) is 13.3 Å². The molecule has 0 aliphatic carbocycles. The molecule has 2 aromatic heterocycles. The second-order valence-corrected chi connectivity index (χ2v) is 6.81. The summed E-state index contributed by atoms with van der Waals surface area (Å²) in [4.78, 5) is 12.6. The Morgan fingerprint density at radius 1 is 1.13 bits per heavy atom. The van der Waals surface area contributed by atoms with Crippen molar-refractivity contribution in [3.63, 3.8) is 0 Å². The third-order valence-corrected chi connectivity index (χ3v) is 4.56. The predicted octanol–water partition coefficient (Wildman–Crippen LogP) is 4.21. The first-order valence-corrected chi connectivity index (χ1v) is 9.45. The van der Waals surface area contributed by atoms with Crippen LogP contribution in [0.15, 0.2) is 73.1 Å². The Morgan fingerprint density at radius 2 is 2.00 bits per heavy atom. The highest BCUT2D eigenvalue weighted by molar-refractivity contribution is 6.32. The second kappa shape index (κ2) is 8.79. The number of anilines is 1. The molecule has 2 heterocycles. The van der Waals surface area contributed by atoms with Gasteiger partial charge >= 0.3 is 0 Å². The van der Waals surface area contributed by atoms with Crippen LogP contribution in [0, 0.1) is 5.82 Å². The van der Waals surface area contributed by atoms with E-state index in [9.17, 15) is 9.18 Å². The number of hydrogen-bond acceptors (Lipinski definition) is 4. The van der Waals surface area contributed by atoms with E-state index in [1.807, 2.05) is 0 Å². The standard InChI is InChI=1S/C21H17ClFN5O2/c22-17-6-1-2-7-19(17)30-14-28-18(8-10-24-28)21(29)25-20-9-11-27(26-20)13-15-4-3-5-16(23)12-15/h1-12H,13-14H2,(H,25,26,29). The molecule has 0 saturated carbocycles. The van der Waals surface area contributed by atoms with E-state index in [0.29, 0.717) is 28.8 Å². The van der Waals surface area contributed by atoms with E-state index in [4.69, 9.17) is 16.3 Å². The maximum absolute atomic E-state index is 13.3. The van der Waals surface area contributed by atoms with E-state index in [0.717, 1.165) is 5.56 Å². The average molecular weight is 426 g/mol. The van der Waals surface area contributed by atoms with E-state index in [-0.39, 0.29) is 18.5 Å². The van der Waals surface area contributed by atoms with Crippen molar-refractivity contribution in [1.29, 1.82) is 0 Å². The summed E-state index contributed by atoms with van der Waals surface area (Å²) in [6, 6.07) is 16.6. The van der Waals surface area contributed by atoms with Gasteiger partial charge < -0.3 is 10.1 Å². The molecule has 2 aromatic carbocycles. The van der Waals surface area contributed by atoms with Crippen LogP contribution in [0.2, 0.25) is 5.02 Å². The number of nitrogens with one attached hydrogen (secondary N) is 1. The monoisotopic (exact) mass is 425 g/mol. The van der Waals surface area contributed by atoms with Gasteiger partial charge in [-0.15, -0.1) is 0 Å². The highest BCUT2D eigenvalue weighted by atomic mass is 35.5. The molecule has 0 saturated heterocycles. The summed E-state index contributed by atoms with van der Waals surface area (Å²) in [5.41, 5.74) is 1.08. The minimum atomic E-state index is -0.383. The van der Waals surface area contributed by atoms with Gasteiger partial charge in [0.05, 0.1) is 11.6 Å². The quantitative estimate of drug-likeness (QED) is 0.481. The van der Waals surface area contributed by atoms with E-state index < -0.39 is 0 Å². The van der Waals surface area contributed by atoms with Crippen molar-refractivity contribution in [3.8, 4) is 5.75 Å². The normalized spacial score (nSPS) is 10.7. The first-order chi connectivity index (χ1) is 14.6. The smallest absolute Gasteiger partial charge is 0.275 e. The summed E-state index contributed by atoms with van der Waals surface area (Å²) in [5.74, 6) is 0.181. The van der Waals surface area contributed by atoms with Crippen LogP contribution < -0.4 is 10.1 Å². The maximum atomic E-state index is 13.3. The Labute approximate surface area is 176 Å². The van der Waals surface area contributed by atoms with Crippen LogP contribution in [0.1, 0.15) is 16.1 Å². The number of carbonyl (C=O) groups excluding carboxylic acids is 1. The molecule has 0 bridgehead atoms. The van der Waals surface area contributed by atoms with Crippen LogP contribution in [0.4, 0.5) is 10.2 Å². The second-order valence-electron chi connectivity index (χ2n) is 6.40. The largest absolute Gasteiger partial charge is 0.470 e. The SMILES string of the molecule is O=C(Nc1ccn(Cc2cccc(F)c2)n1)c1ccnn1COc1ccccc1Cl. The van der Waals surface area contributed by atoms with Crippen LogP contribution in [-0.2, 0) is 13.3 Å². The Morgan fingerprint density at radius 3 is 2.83 bits per heavy atom. The van der Waals surface area contributed by atoms with Crippen molar-refractivity contribution in [2.75, 3.05) is 5.32 Å². The van der Waals surface area contributed by atoms with Crippen molar-refractivity contribution in [3.05, 3.63) is 95.2 Å². The predicted molar refractivity (Wildman–Crippen MR) is 110 cm³/mol. The molecule has 30 heavy (non-hydrogen) atoms. The summed E-state index contributed by atoms with van der Waals surface area (Å²) in [6.07, 6.45) is 3.21. The Kier molecular flexibility index (Phi) is 5.76. The van der Waals surface area contributed by atoms with Gasteiger partial charge in [0.2, 0.25) is 0 Å². The number of carbonyl (C=O) groups is 1. The first kappa shape index (κ1) is 19.7. The van der Waals surface area contributed by atoms with Gasteiger partial charge in [-0.2, -0.15) is 10.2 Å². The maximum Gasteiger partial charge on any atom is 0.275 e. The Balaban J connectivity index is 1.40. The fourth-order valence-corrected chi connectivity index (χ4v) is 3.03.